The molecule has 3 aromatic rings. The minimum atomic E-state index is -1.04. The SMILES string of the molecule is COC(=O)C(Cc1c[nH]c2ccccc12)NC(=O)CN(CC(=O)O)Cc1ccccc1. The average Bonchev–Trinajstić information content (AvgIpc) is 3.16. The number of carboxylic acids is 1. The number of amides is 1. The van der Waals surface area contributed by atoms with Crippen molar-refractivity contribution in [3.05, 3.63) is 71.9 Å². The van der Waals surface area contributed by atoms with E-state index in [1.54, 1.807) is 6.20 Å². The fraction of sp³-hybridized carbons (Fsp3) is 0.261. The predicted molar refractivity (Wildman–Crippen MR) is 115 cm³/mol. The number of benzene rings is 2. The molecule has 0 saturated heterocycles. The lowest BCUT2D eigenvalue weighted by Crippen LogP contribution is -2.47. The molecule has 1 amide bonds. The molecule has 3 N–H and O–H groups in total. The smallest absolute Gasteiger partial charge is 0.328 e. The number of carbonyl (C=O) groups is 3. The molecule has 1 aromatic heterocycles. The molecule has 8 nitrogen and oxygen atoms in total. The highest BCUT2D eigenvalue weighted by Crippen LogP contribution is 2.19. The van der Waals surface area contributed by atoms with Gasteiger partial charge < -0.3 is 20.1 Å². The number of carboxylic acid groups (broad SMARTS) is 1. The Labute approximate surface area is 179 Å². The number of aromatic amines is 1. The monoisotopic (exact) mass is 423 g/mol. The highest BCUT2D eigenvalue weighted by atomic mass is 16.5. The van der Waals surface area contributed by atoms with Gasteiger partial charge in [0.15, 0.2) is 0 Å². The molecule has 162 valence electrons. The first-order valence-electron chi connectivity index (χ1n) is 9.86. The van der Waals surface area contributed by atoms with E-state index >= 15 is 0 Å². The zero-order chi connectivity index (χ0) is 22.2. The van der Waals surface area contributed by atoms with Crippen molar-refractivity contribution in [1.29, 1.82) is 0 Å². The second-order valence-corrected chi connectivity index (χ2v) is 7.23. The second-order valence-electron chi connectivity index (χ2n) is 7.23. The van der Waals surface area contributed by atoms with Gasteiger partial charge in [-0.25, -0.2) is 4.79 Å². The van der Waals surface area contributed by atoms with E-state index in [0.29, 0.717) is 6.54 Å². The maximum atomic E-state index is 12.7. The van der Waals surface area contributed by atoms with Crippen molar-refractivity contribution in [3.8, 4) is 0 Å². The molecule has 1 heterocycles. The summed E-state index contributed by atoms with van der Waals surface area (Å²) in [5, 5.41) is 12.9. The minimum Gasteiger partial charge on any atom is -0.480 e. The summed E-state index contributed by atoms with van der Waals surface area (Å²) < 4.78 is 4.87. The lowest BCUT2D eigenvalue weighted by atomic mass is 10.0. The van der Waals surface area contributed by atoms with E-state index in [1.807, 2.05) is 54.6 Å². The van der Waals surface area contributed by atoms with Gasteiger partial charge >= 0.3 is 11.9 Å². The molecule has 0 aliphatic carbocycles. The van der Waals surface area contributed by atoms with Crippen LogP contribution in [0.1, 0.15) is 11.1 Å². The summed E-state index contributed by atoms with van der Waals surface area (Å²) in [4.78, 5) is 40.9. The lowest BCUT2D eigenvalue weighted by molar-refractivity contribution is -0.145. The summed E-state index contributed by atoms with van der Waals surface area (Å²) in [5.41, 5.74) is 2.70. The molecule has 31 heavy (non-hydrogen) atoms. The number of carbonyl (C=O) groups excluding carboxylic acids is 2. The third kappa shape index (κ3) is 6.16. The van der Waals surface area contributed by atoms with E-state index in [2.05, 4.69) is 10.3 Å². The molecule has 0 aliphatic rings. The number of nitrogens with one attached hydrogen (secondary N) is 2. The van der Waals surface area contributed by atoms with Crippen LogP contribution in [0.5, 0.6) is 0 Å². The Kier molecular flexibility index (Phi) is 7.40. The Bertz CT molecular complexity index is 1050. The Balaban J connectivity index is 1.69. The molecule has 8 heteroatoms. The quantitative estimate of drug-likeness (QED) is 0.430. The third-order valence-corrected chi connectivity index (χ3v) is 4.89. The van der Waals surface area contributed by atoms with Crippen LogP contribution in [-0.4, -0.2) is 59.1 Å². The predicted octanol–water partition coefficient (Wildman–Crippen LogP) is 1.95. The average molecular weight is 423 g/mol. The van der Waals surface area contributed by atoms with Crippen molar-refractivity contribution in [1.82, 2.24) is 15.2 Å². The van der Waals surface area contributed by atoms with Crippen molar-refractivity contribution >= 4 is 28.7 Å². The van der Waals surface area contributed by atoms with E-state index in [-0.39, 0.29) is 19.5 Å². The van der Waals surface area contributed by atoms with Gasteiger partial charge in [-0.3, -0.25) is 14.5 Å². The van der Waals surface area contributed by atoms with Gasteiger partial charge in [-0.2, -0.15) is 0 Å². The topological polar surface area (TPSA) is 112 Å². The largest absolute Gasteiger partial charge is 0.480 e. The van der Waals surface area contributed by atoms with Crippen molar-refractivity contribution in [3.63, 3.8) is 0 Å². The van der Waals surface area contributed by atoms with Gasteiger partial charge in [0.05, 0.1) is 20.2 Å². The van der Waals surface area contributed by atoms with Crippen molar-refractivity contribution < 1.29 is 24.2 Å². The van der Waals surface area contributed by atoms with Gasteiger partial charge in [0.1, 0.15) is 6.04 Å². The Morgan fingerprint density at radius 3 is 2.48 bits per heavy atom. The molecule has 0 spiro atoms. The van der Waals surface area contributed by atoms with Crippen LogP contribution in [0.4, 0.5) is 0 Å². The number of para-hydroxylation sites is 1. The van der Waals surface area contributed by atoms with Crippen LogP contribution in [-0.2, 0) is 32.1 Å². The molecule has 0 radical (unpaired) electrons. The number of aromatic nitrogens is 1. The van der Waals surface area contributed by atoms with Crippen LogP contribution in [0.3, 0.4) is 0 Å². The number of rotatable bonds is 10. The first-order chi connectivity index (χ1) is 15.0. The van der Waals surface area contributed by atoms with E-state index in [4.69, 9.17) is 4.74 Å². The van der Waals surface area contributed by atoms with Crippen LogP contribution < -0.4 is 5.32 Å². The van der Waals surface area contributed by atoms with Crippen LogP contribution >= 0.6 is 0 Å². The standard InChI is InChI=1S/C23H25N3O5/c1-31-23(30)20(11-17-12-24-19-10-6-5-9-18(17)19)25-21(27)14-26(15-22(28)29)13-16-7-3-2-4-8-16/h2-10,12,20,24H,11,13-15H2,1H3,(H,25,27)(H,28,29). The van der Waals surface area contributed by atoms with Gasteiger partial charge in [-0.1, -0.05) is 48.5 Å². The molecule has 0 saturated carbocycles. The third-order valence-electron chi connectivity index (χ3n) is 4.89. The van der Waals surface area contributed by atoms with Crippen molar-refractivity contribution in [2.45, 2.75) is 19.0 Å². The van der Waals surface area contributed by atoms with Gasteiger partial charge in [0.25, 0.3) is 0 Å². The Hall–Kier alpha value is -3.65. The fourth-order valence-corrected chi connectivity index (χ4v) is 3.50. The molecular weight excluding hydrogens is 398 g/mol. The van der Waals surface area contributed by atoms with Crippen LogP contribution in [0, 0.1) is 0 Å². The second kappa shape index (κ2) is 10.4. The maximum Gasteiger partial charge on any atom is 0.328 e. The molecule has 0 fully saturated rings. The molecule has 3 rings (SSSR count). The number of nitrogens with zero attached hydrogens (tertiary/aromatic N) is 1. The molecule has 0 aliphatic heterocycles. The number of methoxy groups -OCH3 is 1. The molecule has 1 unspecified atom stereocenters. The van der Waals surface area contributed by atoms with Crippen molar-refractivity contribution in [2.24, 2.45) is 0 Å². The number of esters is 1. The lowest BCUT2D eigenvalue weighted by Gasteiger charge is -2.22. The van der Waals surface area contributed by atoms with Gasteiger partial charge in [-0.05, 0) is 17.2 Å². The summed E-state index contributed by atoms with van der Waals surface area (Å²) in [5.74, 6) is -2.05. The molecular formula is C23H25N3O5. The number of aliphatic carboxylic acids is 1. The van der Waals surface area contributed by atoms with Gasteiger partial charge in [-0.15, -0.1) is 0 Å². The summed E-state index contributed by atoms with van der Waals surface area (Å²) >= 11 is 0. The van der Waals surface area contributed by atoms with Crippen LogP contribution in [0.25, 0.3) is 10.9 Å². The number of ether oxygens (including phenoxy) is 1. The molecule has 1 atom stereocenters. The first kappa shape index (κ1) is 22.0. The number of hydrogen-bond acceptors (Lipinski definition) is 5. The zero-order valence-electron chi connectivity index (χ0n) is 17.2. The highest BCUT2D eigenvalue weighted by Gasteiger charge is 2.24. The minimum absolute atomic E-state index is 0.164. The van der Waals surface area contributed by atoms with Gasteiger partial charge in [0.2, 0.25) is 5.91 Å². The molecule has 2 aromatic carbocycles. The Morgan fingerprint density at radius 1 is 1.06 bits per heavy atom. The van der Waals surface area contributed by atoms with Crippen molar-refractivity contribution in [2.75, 3.05) is 20.2 Å². The number of fused-ring (bicyclic) bond motifs is 1. The first-order valence-corrected chi connectivity index (χ1v) is 9.86. The van der Waals surface area contributed by atoms with E-state index in [1.165, 1.54) is 12.0 Å². The van der Waals surface area contributed by atoms with Gasteiger partial charge in [0, 0.05) is 30.1 Å². The Morgan fingerprint density at radius 2 is 1.77 bits per heavy atom. The fourth-order valence-electron chi connectivity index (χ4n) is 3.50. The maximum absolute atomic E-state index is 12.7. The number of H-pyrrole nitrogens is 1. The van der Waals surface area contributed by atoms with E-state index in [0.717, 1.165) is 22.0 Å². The van der Waals surface area contributed by atoms with Crippen LogP contribution in [0.15, 0.2) is 60.8 Å². The van der Waals surface area contributed by atoms with E-state index < -0.39 is 23.9 Å². The molecule has 0 bridgehead atoms. The summed E-state index contributed by atoms with van der Waals surface area (Å²) in [7, 11) is 1.27. The van der Waals surface area contributed by atoms with E-state index in [9.17, 15) is 19.5 Å². The summed E-state index contributed by atoms with van der Waals surface area (Å²) in [6.45, 7) is -0.165. The number of hydrogen-bond donors (Lipinski definition) is 3. The zero-order valence-corrected chi connectivity index (χ0v) is 17.2. The normalized spacial score (nSPS) is 11.9. The summed E-state index contributed by atoms with van der Waals surface area (Å²) in [6, 6.07) is 16.1. The highest BCUT2D eigenvalue weighted by molar-refractivity contribution is 5.88. The van der Waals surface area contributed by atoms with Crippen LogP contribution in [0.2, 0.25) is 0 Å². The summed E-state index contributed by atoms with van der Waals surface area (Å²) in [6.07, 6.45) is 2.05.